The first-order chi connectivity index (χ1) is 9.67. The molecular formula is C16H19NO3. The van der Waals surface area contributed by atoms with E-state index in [9.17, 15) is 5.11 Å². The molecule has 0 fully saturated rings. The van der Waals surface area contributed by atoms with E-state index in [-0.39, 0.29) is 6.10 Å². The summed E-state index contributed by atoms with van der Waals surface area (Å²) in [6, 6.07) is 4.15. The fourth-order valence-electron chi connectivity index (χ4n) is 3.98. The zero-order valence-corrected chi connectivity index (χ0v) is 11.8. The maximum Gasteiger partial charge on any atom is 0.165 e. The van der Waals surface area contributed by atoms with Crippen molar-refractivity contribution in [2.24, 2.45) is 5.92 Å². The molecule has 0 saturated heterocycles. The lowest BCUT2D eigenvalue weighted by molar-refractivity contribution is 0.138. The number of aliphatic hydroxyl groups is 1. The summed E-state index contributed by atoms with van der Waals surface area (Å²) < 4.78 is 11.6. The fraction of sp³-hybridized carbons (Fsp3) is 0.500. The first-order valence-electron chi connectivity index (χ1n) is 7.12. The van der Waals surface area contributed by atoms with E-state index in [2.05, 4.69) is 18.0 Å². The van der Waals surface area contributed by atoms with Crippen LogP contribution in [-0.2, 0) is 6.54 Å². The molecule has 2 heterocycles. The number of nitrogens with zero attached hydrogens (tertiary/aromatic N) is 1. The van der Waals surface area contributed by atoms with Gasteiger partial charge in [-0.2, -0.15) is 0 Å². The van der Waals surface area contributed by atoms with E-state index >= 15 is 0 Å². The summed E-state index contributed by atoms with van der Waals surface area (Å²) >= 11 is 0. The van der Waals surface area contributed by atoms with Gasteiger partial charge in [-0.3, -0.25) is 0 Å². The molecule has 2 unspecified atom stereocenters. The summed E-state index contributed by atoms with van der Waals surface area (Å²) in [7, 11) is 3.81. The lowest BCUT2D eigenvalue weighted by atomic mass is 9.77. The summed E-state index contributed by atoms with van der Waals surface area (Å²) in [6.45, 7) is 1.87. The van der Waals surface area contributed by atoms with Crippen LogP contribution >= 0.6 is 0 Å². The van der Waals surface area contributed by atoms with Gasteiger partial charge in [-0.25, -0.2) is 0 Å². The standard InChI is InChI=1S/C16H19NO3/c1-17-7-9-3-4-12(19-2)16-15(9)14-10(8-17)5-11(18)6-13(14)20-16/h3-5,10,13-14,18H,6-8H2,1-2H3/t10?,13-,14?/m0/s1. The Morgan fingerprint density at radius 3 is 3.05 bits per heavy atom. The average molecular weight is 273 g/mol. The van der Waals surface area contributed by atoms with Gasteiger partial charge >= 0.3 is 0 Å². The van der Waals surface area contributed by atoms with Crippen molar-refractivity contribution >= 4 is 0 Å². The molecule has 4 rings (SSSR count). The molecule has 1 N–H and O–H groups in total. The van der Waals surface area contributed by atoms with Crippen LogP contribution in [0.2, 0.25) is 0 Å². The zero-order valence-electron chi connectivity index (χ0n) is 11.8. The number of hydrogen-bond donors (Lipinski definition) is 1. The predicted molar refractivity (Wildman–Crippen MR) is 75.3 cm³/mol. The molecule has 1 aromatic rings. The van der Waals surface area contributed by atoms with Crippen molar-refractivity contribution < 1.29 is 14.6 Å². The Balaban J connectivity index is 1.92. The molecule has 106 valence electrons. The summed E-state index contributed by atoms with van der Waals surface area (Å²) in [4.78, 5) is 2.32. The lowest BCUT2D eigenvalue weighted by Gasteiger charge is -2.30. The van der Waals surface area contributed by atoms with Crippen molar-refractivity contribution in [2.75, 3.05) is 20.7 Å². The maximum absolute atomic E-state index is 9.99. The molecule has 20 heavy (non-hydrogen) atoms. The van der Waals surface area contributed by atoms with Gasteiger partial charge in [0.1, 0.15) is 6.10 Å². The van der Waals surface area contributed by atoms with E-state index in [1.165, 1.54) is 11.1 Å². The second-order valence-electron chi connectivity index (χ2n) is 6.07. The number of aliphatic hydroxyl groups excluding tert-OH is 1. The number of ether oxygens (including phenoxy) is 2. The van der Waals surface area contributed by atoms with Crippen molar-refractivity contribution in [2.45, 2.75) is 25.0 Å². The van der Waals surface area contributed by atoms with Gasteiger partial charge in [-0.05, 0) is 24.8 Å². The van der Waals surface area contributed by atoms with Crippen molar-refractivity contribution in [3.05, 3.63) is 35.1 Å². The number of benzene rings is 1. The van der Waals surface area contributed by atoms with Gasteiger partial charge in [0.05, 0.1) is 12.9 Å². The van der Waals surface area contributed by atoms with Crippen LogP contribution in [0.4, 0.5) is 0 Å². The highest BCUT2D eigenvalue weighted by Crippen LogP contribution is 2.53. The van der Waals surface area contributed by atoms with E-state index in [4.69, 9.17) is 9.47 Å². The molecule has 3 aliphatic rings. The monoisotopic (exact) mass is 273 g/mol. The third-order valence-electron chi connectivity index (χ3n) is 4.71. The minimum atomic E-state index is 0.0431. The quantitative estimate of drug-likeness (QED) is 0.853. The first-order valence-corrected chi connectivity index (χ1v) is 7.12. The molecular weight excluding hydrogens is 254 g/mol. The Kier molecular flexibility index (Phi) is 2.51. The molecule has 0 bridgehead atoms. The van der Waals surface area contributed by atoms with Gasteiger partial charge in [-0.1, -0.05) is 6.07 Å². The Hall–Kier alpha value is -1.68. The van der Waals surface area contributed by atoms with Gasteiger partial charge in [0.25, 0.3) is 0 Å². The first kappa shape index (κ1) is 12.1. The van der Waals surface area contributed by atoms with Crippen LogP contribution in [0.5, 0.6) is 11.5 Å². The Morgan fingerprint density at radius 2 is 2.25 bits per heavy atom. The summed E-state index contributed by atoms with van der Waals surface area (Å²) in [5.41, 5.74) is 2.63. The molecule has 2 aliphatic heterocycles. The Bertz CT molecular complexity index is 596. The molecule has 0 aromatic heterocycles. The van der Waals surface area contributed by atoms with Gasteiger partial charge in [0.2, 0.25) is 0 Å². The summed E-state index contributed by atoms with van der Waals surface area (Å²) in [5.74, 6) is 2.81. The van der Waals surface area contributed by atoms with E-state index in [1.54, 1.807) is 7.11 Å². The van der Waals surface area contributed by atoms with Crippen LogP contribution < -0.4 is 9.47 Å². The van der Waals surface area contributed by atoms with Crippen LogP contribution in [0.25, 0.3) is 0 Å². The zero-order chi connectivity index (χ0) is 13.9. The number of hydrogen-bond acceptors (Lipinski definition) is 4. The van der Waals surface area contributed by atoms with Crippen molar-refractivity contribution in [1.82, 2.24) is 4.90 Å². The third kappa shape index (κ3) is 1.57. The Labute approximate surface area is 118 Å². The molecule has 1 aromatic carbocycles. The maximum atomic E-state index is 9.99. The van der Waals surface area contributed by atoms with Crippen molar-refractivity contribution in [3.63, 3.8) is 0 Å². The summed E-state index contributed by atoms with van der Waals surface area (Å²) in [6.07, 6.45) is 2.66. The topological polar surface area (TPSA) is 41.9 Å². The lowest BCUT2D eigenvalue weighted by Crippen LogP contribution is -2.33. The molecule has 0 spiro atoms. The average Bonchev–Trinajstić information content (AvgIpc) is 2.70. The van der Waals surface area contributed by atoms with Gasteiger partial charge in [0, 0.05) is 36.9 Å². The molecule has 0 saturated carbocycles. The molecule has 4 nitrogen and oxygen atoms in total. The highest BCUT2D eigenvalue weighted by Gasteiger charge is 2.46. The largest absolute Gasteiger partial charge is 0.512 e. The van der Waals surface area contributed by atoms with Crippen LogP contribution in [0, 0.1) is 5.92 Å². The van der Waals surface area contributed by atoms with Crippen LogP contribution in [0.3, 0.4) is 0 Å². The van der Waals surface area contributed by atoms with Gasteiger partial charge < -0.3 is 19.5 Å². The summed E-state index contributed by atoms with van der Waals surface area (Å²) in [5, 5.41) is 9.99. The number of rotatable bonds is 1. The third-order valence-corrected chi connectivity index (χ3v) is 4.71. The van der Waals surface area contributed by atoms with Gasteiger partial charge in [-0.15, -0.1) is 0 Å². The molecule has 0 radical (unpaired) electrons. The molecule has 1 aliphatic carbocycles. The van der Waals surface area contributed by atoms with Crippen molar-refractivity contribution in [1.29, 1.82) is 0 Å². The van der Waals surface area contributed by atoms with E-state index in [1.807, 2.05) is 12.1 Å². The smallest absolute Gasteiger partial charge is 0.165 e. The second kappa shape index (κ2) is 4.16. The van der Waals surface area contributed by atoms with E-state index < -0.39 is 0 Å². The normalized spacial score (nSPS) is 31.1. The fourth-order valence-corrected chi connectivity index (χ4v) is 3.98. The minimum Gasteiger partial charge on any atom is -0.512 e. The van der Waals surface area contributed by atoms with E-state index in [0.717, 1.165) is 24.6 Å². The Morgan fingerprint density at radius 1 is 1.40 bits per heavy atom. The minimum absolute atomic E-state index is 0.0431. The van der Waals surface area contributed by atoms with Crippen molar-refractivity contribution in [3.8, 4) is 11.5 Å². The SMILES string of the molecule is COc1ccc2c3c1O[C@H]1CC(O)=CC(CN(C)C2)C31. The van der Waals surface area contributed by atoms with Crippen LogP contribution in [-0.4, -0.2) is 36.8 Å². The predicted octanol–water partition coefficient (Wildman–Crippen LogP) is 2.45. The highest BCUT2D eigenvalue weighted by atomic mass is 16.5. The second-order valence-corrected chi connectivity index (χ2v) is 6.07. The molecule has 4 heteroatoms. The molecule has 3 atom stereocenters. The van der Waals surface area contributed by atoms with E-state index in [0.29, 0.717) is 24.0 Å². The van der Waals surface area contributed by atoms with Crippen LogP contribution in [0.15, 0.2) is 24.0 Å². The van der Waals surface area contributed by atoms with Crippen LogP contribution in [0.1, 0.15) is 23.5 Å². The molecule has 0 amide bonds. The van der Waals surface area contributed by atoms with Gasteiger partial charge in [0.15, 0.2) is 11.5 Å². The number of methoxy groups -OCH3 is 1. The highest BCUT2D eigenvalue weighted by molar-refractivity contribution is 5.57.